The third-order valence-electron chi connectivity index (χ3n) is 4.70. The highest BCUT2D eigenvalue weighted by Gasteiger charge is 2.33. The Labute approximate surface area is 158 Å². The van der Waals surface area contributed by atoms with Crippen LogP contribution in [0.4, 0.5) is 0 Å². The van der Waals surface area contributed by atoms with Crippen molar-refractivity contribution in [3.8, 4) is 11.3 Å². The van der Waals surface area contributed by atoms with Gasteiger partial charge in [0.2, 0.25) is 0 Å². The van der Waals surface area contributed by atoms with Gasteiger partial charge in [-0.1, -0.05) is 12.1 Å². The third-order valence-corrected chi connectivity index (χ3v) is 6.60. The second-order valence-corrected chi connectivity index (χ2v) is 8.88. The van der Waals surface area contributed by atoms with E-state index in [-0.39, 0.29) is 11.5 Å². The Bertz CT molecular complexity index is 929. The Morgan fingerprint density at radius 3 is 2.52 bits per heavy atom. The van der Waals surface area contributed by atoms with Crippen molar-refractivity contribution in [2.75, 3.05) is 27.2 Å². The fourth-order valence-electron chi connectivity index (χ4n) is 3.21. The number of aromatic nitrogens is 2. The largest absolute Gasteiger partial charge is 0.478 e. The van der Waals surface area contributed by atoms with Crippen LogP contribution in [0.25, 0.3) is 11.3 Å². The summed E-state index contributed by atoms with van der Waals surface area (Å²) >= 11 is 0. The highest BCUT2D eigenvalue weighted by atomic mass is 32.2. The zero-order chi connectivity index (χ0) is 19.6. The number of nitrogens with zero attached hydrogens (tertiary/aromatic N) is 4. The van der Waals surface area contributed by atoms with E-state index in [2.05, 4.69) is 9.97 Å². The molecule has 1 aromatic carbocycles. The summed E-state index contributed by atoms with van der Waals surface area (Å²) in [6.45, 7) is 0.947. The van der Waals surface area contributed by atoms with Crippen molar-refractivity contribution < 1.29 is 18.3 Å². The lowest BCUT2D eigenvalue weighted by atomic mass is 9.98. The van der Waals surface area contributed by atoms with Gasteiger partial charge in [0.05, 0.1) is 17.0 Å². The van der Waals surface area contributed by atoms with E-state index < -0.39 is 16.2 Å². The lowest BCUT2D eigenvalue weighted by molar-refractivity contribution is 0.0697. The first-order valence-corrected chi connectivity index (χ1v) is 10.00. The van der Waals surface area contributed by atoms with Crippen molar-refractivity contribution in [1.29, 1.82) is 0 Å². The molecule has 27 heavy (non-hydrogen) atoms. The molecule has 1 aliphatic heterocycles. The molecule has 144 valence electrons. The fraction of sp³-hybridized carbons (Fsp3) is 0.389. The molecule has 0 bridgehead atoms. The number of carbonyl (C=O) groups is 1. The third kappa shape index (κ3) is 4.15. The van der Waals surface area contributed by atoms with E-state index in [0.717, 1.165) is 17.7 Å². The van der Waals surface area contributed by atoms with E-state index >= 15 is 0 Å². The minimum atomic E-state index is -3.40. The summed E-state index contributed by atoms with van der Waals surface area (Å²) in [6, 6.07) is 6.51. The van der Waals surface area contributed by atoms with E-state index in [1.165, 1.54) is 34.8 Å². The van der Waals surface area contributed by atoms with E-state index in [0.29, 0.717) is 25.2 Å². The summed E-state index contributed by atoms with van der Waals surface area (Å²) in [5.74, 6) is -0.817. The Morgan fingerprint density at radius 1 is 1.22 bits per heavy atom. The maximum Gasteiger partial charge on any atom is 0.335 e. The smallest absolute Gasteiger partial charge is 0.335 e. The van der Waals surface area contributed by atoms with E-state index in [1.54, 1.807) is 24.5 Å². The average molecular weight is 390 g/mol. The number of hydrogen-bond donors (Lipinski definition) is 1. The number of aromatic carboxylic acids is 1. The first kappa shape index (κ1) is 19.4. The predicted molar refractivity (Wildman–Crippen MR) is 100 cm³/mol. The molecule has 0 amide bonds. The van der Waals surface area contributed by atoms with Gasteiger partial charge in [-0.3, -0.25) is 9.97 Å². The van der Waals surface area contributed by atoms with Crippen molar-refractivity contribution in [3.63, 3.8) is 0 Å². The molecule has 1 aliphatic rings. The average Bonchev–Trinajstić information content (AvgIpc) is 3.11. The quantitative estimate of drug-likeness (QED) is 0.802. The highest BCUT2D eigenvalue weighted by Crippen LogP contribution is 2.27. The fourth-order valence-corrected chi connectivity index (χ4v) is 4.40. The van der Waals surface area contributed by atoms with Gasteiger partial charge in [-0.2, -0.15) is 17.0 Å². The van der Waals surface area contributed by atoms with Gasteiger partial charge >= 0.3 is 5.97 Å². The number of rotatable bonds is 6. The van der Waals surface area contributed by atoms with Crippen molar-refractivity contribution >= 4 is 16.2 Å². The highest BCUT2D eigenvalue weighted by molar-refractivity contribution is 7.86. The van der Waals surface area contributed by atoms with Crippen LogP contribution in [0.5, 0.6) is 0 Å². The Balaban J connectivity index is 1.78. The summed E-state index contributed by atoms with van der Waals surface area (Å²) in [5.41, 5.74) is 2.49. The molecule has 0 radical (unpaired) electrons. The van der Waals surface area contributed by atoms with Gasteiger partial charge in [0.1, 0.15) is 0 Å². The van der Waals surface area contributed by atoms with Crippen LogP contribution >= 0.6 is 0 Å². The maximum atomic E-state index is 12.3. The summed E-state index contributed by atoms with van der Waals surface area (Å²) in [6.07, 6.45) is 4.60. The first-order valence-electron chi connectivity index (χ1n) is 8.60. The van der Waals surface area contributed by atoms with Crippen LogP contribution in [0, 0.1) is 5.92 Å². The van der Waals surface area contributed by atoms with E-state index in [4.69, 9.17) is 5.11 Å². The van der Waals surface area contributed by atoms with Crippen LogP contribution in [0.15, 0.2) is 36.7 Å². The predicted octanol–water partition coefficient (Wildman–Crippen LogP) is 1.51. The van der Waals surface area contributed by atoms with Crippen LogP contribution in [-0.2, 0) is 16.6 Å². The molecular weight excluding hydrogens is 368 g/mol. The second kappa shape index (κ2) is 7.71. The molecular formula is C18H22N4O4S. The normalized spacial score (nSPS) is 18.1. The molecule has 3 rings (SSSR count). The number of benzene rings is 1. The van der Waals surface area contributed by atoms with Crippen molar-refractivity contribution in [3.05, 3.63) is 47.9 Å². The number of hydrogen-bond acceptors (Lipinski definition) is 5. The number of carboxylic acids is 1. The van der Waals surface area contributed by atoms with E-state index in [1.807, 2.05) is 0 Å². The molecule has 0 aliphatic carbocycles. The minimum Gasteiger partial charge on any atom is -0.478 e. The monoisotopic (exact) mass is 390 g/mol. The summed E-state index contributed by atoms with van der Waals surface area (Å²) in [7, 11) is -0.338. The molecule has 1 atom stereocenters. The molecule has 8 nitrogen and oxygen atoms in total. The van der Waals surface area contributed by atoms with Crippen LogP contribution in [-0.4, -0.2) is 65.3 Å². The number of carboxylic acid groups (broad SMARTS) is 1. The van der Waals surface area contributed by atoms with Crippen LogP contribution in [0.3, 0.4) is 0 Å². The van der Waals surface area contributed by atoms with Crippen LogP contribution < -0.4 is 0 Å². The SMILES string of the molecule is CN(C)S(=O)(=O)N1CCC(Cc2nccnc2-c2ccc(C(=O)O)cc2)C1. The van der Waals surface area contributed by atoms with Gasteiger partial charge in [0.15, 0.2) is 0 Å². The first-order chi connectivity index (χ1) is 12.8. The Hall–Kier alpha value is -2.36. The molecule has 1 fully saturated rings. The zero-order valence-corrected chi connectivity index (χ0v) is 16.1. The molecule has 2 aromatic rings. The topological polar surface area (TPSA) is 104 Å². The molecule has 1 N–H and O–H groups in total. The standard InChI is InChI=1S/C18H22N4O4S/c1-21(2)27(25,26)22-10-7-13(12-22)11-16-17(20-9-8-19-16)14-3-5-15(6-4-14)18(23)24/h3-6,8-9,13H,7,10-12H2,1-2H3,(H,23,24). The minimum absolute atomic E-state index is 0.161. The van der Waals surface area contributed by atoms with Crippen molar-refractivity contribution in [1.82, 2.24) is 18.6 Å². The zero-order valence-electron chi connectivity index (χ0n) is 15.2. The van der Waals surface area contributed by atoms with Gasteiger partial charge in [-0.05, 0) is 30.9 Å². The van der Waals surface area contributed by atoms with Gasteiger partial charge in [-0.25, -0.2) is 4.79 Å². The summed E-state index contributed by atoms with van der Waals surface area (Å²) in [4.78, 5) is 19.9. The second-order valence-electron chi connectivity index (χ2n) is 6.74. The molecule has 0 spiro atoms. The molecule has 2 heterocycles. The van der Waals surface area contributed by atoms with E-state index in [9.17, 15) is 13.2 Å². The van der Waals surface area contributed by atoms with Crippen molar-refractivity contribution in [2.45, 2.75) is 12.8 Å². The Kier molecular flexibility index (Phi) is 5.54. The summed E-state index contributed by atoms with van der Waals surface area (Å²) < 4.78 is 27.3. The van der Waals surface area contributed by atoms with Gasteiger partial charge < -0.3 is 5.11 Å². The Morgan fingerprint density at radius 2 is 1.89 bits per heavy atom. The van der Waals surface area contributed by atoms with Crippen LogP contribution in [0.1, 0.15) is 22.5 Å². The molecule has 1 unspecified atom stereocenters. The lowest BCUT2D eigenvalue weighted by Gasteiger charge is -2.21. The molecule has 1 aromatic heterocycles. The van der Waals surface area contributed by atoms with Crippen molar-refractivity contribution in [2.24, 2.45) is 5.92 Å². The molecule has 0 saturated carbocycles. The molecule has 9 heteroatoms. The molecule has 1 saturated heterocycles. The summed E-state index contributed by atoms with van der Waals surface area (Å²) in [5, 5.41) is 9.03. The van der Waals surface area contributed by atoms with Gasteiger partial charge in [0, 0.05) is 45.1 Å². The maximum absolute atomic E-state index is 12.3. The van der Waals surface area contributed by atoms with Gasteiger partial charge in [0.25, 0.3) is 10.2 Å². The van der Waals surface area contributed by atoms with Gasteiger partial charge in [-0.15, -0.1) is 0 Å². The lowest BCUT2D eigenvalue weighted by Crippen LogP contribution is -2.38. The van der Waals surface area contributed by atoms with Crippen LogP contribution in [0.2, 0.25) is 0 Å².